The van der Waals surface area contributed by atoms with Gasteiger partial charge in [-0.2, -0.15) is 0 Å². The van der Waals surface area contributed by atoms with Gasteiger partial charge in [0, 0.05) is 37.2 Å². The largest absolute Gasteiger partial charge is 0.381 e. The van der Waals surface area contributed by atoms with Gasteiger partial charge in [-0.05, 0) is 31.5 Å². The molecule has 106 valence electrons. The Morgan fingerprint density at radius 2 is 2.40 bits per heavy atom. The first kappa shape index (κ1) is 13.3. The number of nitrogens with zero attached hydrogens (tertiary/aromatic N) is 3. The van der Waals surface area contributed by atoms with Crippen molar-refractivity contribution in [2.24, 2.45) is 5.92 Å². The summed E-state index contributed by atoms with van der Waals surface area (Å²) in [4.78, 5) is 6.35. The van der Waals surface area contributed by atoms with Gasteiger partial charge in [-0.1, -0.05) is 5.16 Å². The molecule has 0 amide bonds. The zero-order chi connectivity index (χ0) is 13.8. The average molecular weight is 273 g/mol. The van der Waals surface area contributed by atoms with E-state index in [4.69, 9.17) is 9.26 Å². The van der Waals surface area contributed by atoms with E-state index in [0.717, 1.165) is 49.7 Å². The van der Waals surface area contributed by atoms with Crippen LogP contribution in [0.1, 0.15) is 12.2 Å². The first-order valence-electron chi connectivity index (χ1n) is 6.93. The van der Waals surface area contributed by atoms with Crippen LogP contribution < -0.4 is 0 Å². The van der Waals surface area contributed by atoms with E-state index in [0.29, 0.717) is 5.92 Å². The molecule has 5 heteroatoms. The van der Waals surface area contributed by atoms with Crippen molar-refractivity contribution in [1.29, 1.82) is 0 Å². The highest BCUT2D eigenvalue weighted by atomic mass is 16.5. The Morgan fingerprint density at radius 1 is 1.45 bits per heavy atom. The van der Waals surface area contributed by atoms with Crippen LogP contribution in [0, 0.1) is 5.92 Å². The normalized spacial score (nSPS) is 18.8. The summed E-state index contributed by atoms with van der Waals surface area (Å²) in [7, 11) is 2.10. The highest BCUT2D eigenvalue weighted by molar-refractivity contribution is 5.57. The van der Waals surface area contributed by atoms with Crippen LogP contribution in [0.2, 0.25) is 0 Å². The molecule has 3 rings (SSSR count). The van der Waals surface area contributed by atoms with Gasteiger partial charge >= 0.3 is 0 Å². The van der Waals surface area contributed by atoms with E-state index in [1.807, 2.05) is 18.2 Å². The van der Waals surface area contributed by atoms with Crippen molar-refractivity contribution in [3.8, 4) is 11.3 Å². The summed E-state index contributed by atoms with van der Waals surface area (Å²) < 4.78 is 10.8. The number of hydrogen-bond acceptors (Lipinski definition) is 5. The smallest absolute Gasteiger partial charge is 0.151 e. The Kier molecular flexibility index (Phi) is 4.08. The van der Waals surface area contributed by atoms with Crippen LogP contribution in [0.3, 0.4) is 0 Å². The maximum Gasteiger partial charge on any atom is 0.151 e. The lowest BCUT2D eigenvalue weighted by molar-refractivity contribution is 0.169. The van der Waals surface area contributed by atoms with Crippen LogP contribution in [0.25, 0.3) is 11.3 Å². The van der Waals surface area contributed by atoms with Gasteiger partial charge in [0.15, 0.2) is 5.76 Å². The van der Waals surface area contributed by atoms with E-state index in [1.165, 1.54) is 0 Å². The van der Waals surface area contributed by atoms with Gasteiger partial charge in [0.25, 0.3) is 0 Å². The summed E-state index contributed by atoms with van der Waals surface area (Å²) in [6.07, 6.45) is 4.70. The summed E-state index contributed by atoms with van der Waals surface area (Å²) in [5.74, 6) is 1.52. The molecule has 0 bridgehead atoms. The minimum Gasteiger partial charge on any atom is -0.381 e. The van der Waals surface area contributed by atoms with Crippen molar-refractivity contribution < 1.29 is 9.26 Å². The Hall–Kier alpha value is -1.72. The Labute approximate surface area is 118 Å². The first-order chi connectivity index (χ1) is 9.81. The molecule has 0 radical (unpaired) electrons. The van der Waals surface area contributed by atoms with Crippen molar-refractivity contribution in [1.82, 2.24) is 15.0 Å². The molecule has 5 nitrogen and oxygen atoms in total. The minimum absolute atomic E-state index is 0.640. The maximum atomic E-state index is 5.40. The molecule has 1 aliphatic rings. The topological polar surface area (TPSA) is 51.4 Å². The highest BCUT2D eigenvalue weighted by Crippen LogP contribution is 2.19. The fraction of sp³-hybridized carbons (Fsp3) is 0.467. The summed E-state index contributed by atoms with van der Waals surface area (Å²) in [5.41, 5.74) is 1.82. The standard InChI is InChI=1S/C15H19N3O2/c1-18(9-12-4-6-19-11-12)10-14-7-15(17-20-14)13-3-2-5-16-8-13/h2-3,5,7-8,12H,4,6,9-11H2,1H3/t12-/m1/s1. The zero-order valence-electron chi connectivity index (χ0n) is 11.7. The molecule has 0 saturated carbocycles. The fourth-order valence-electron chi connectivity index (χ4n) is 2.54. The Morgan fingerprint density at radius 3 is 3.15 bits per heavy atom. The van der Waals surface area contributed by atoms with Crippen LogP contribution >= 0.6 is 0 Å². The SMILES string of the molecule is CN(Cc1cc(-c2cccnc2)no1)C[C@H]1CCOC1. The fourth-order valence-corrected chi connectivity index (χ4v) is 2.54. The van der Waals surface area contributed by atoms with E-state index in [-0.39, 0.29) is 0 Å². The molecular weight excluding hydrogens is 254 g/mol. The van der Waals surface area contributed by atoms with Crippen molar-refractivity contribution in [3.63, 3.8) is 0 Å². The lowest BCUT2D eigenvalue weighted by atomic mass is 10.1. The molecule has 2 aromatic rings. The molecule has 1 saturated heterocycles. The molecule has 3 heterocycles. The molecule has 0 aromatic carbocycles. The van der Waals surface area contributed by atoms with Gasteiger partial charge in [-0.3, -0.25) is 9.88 Å². The summed E-state index contributed by atoms with van der Waals surface area (Å²) in [5, 5.41) is 4.10. The van der Waals surface area contributed by atoms with Crippen LogP contribution in [0.5, 0.6) is 0 Å². The maximum absolute atomic E-state index is 5.40. The molecule has 0 N–H and O–H groups in total. The van der Waals surface area contributed by atoms with Gasteiger partial charge < -0.3 is 9.26 Å². The number of ether oxygens (including phenoxy) is 1. The molecule has 1 aliphatic heterocycles. The van der Waals surface area contributed by atoms with Crippen LogP contribution in [-0.2, 0) is 11.3 Å². The monoisotopic (exact) mass is 273 g/mol. The zero-order valence-corrected chi connectivity index (χ0v) is 11.7. The van der Waals surface area contributed by atoms with E-state index in [9.17, 15) is 0 Å². The molecule has 2 aromatic heterocycles. The van der Waals surface area contributed by atoms with Gasteiger partial charge in [-0.25, -0.2) is 0 Å². The second-order valence-electron chi connectivity index (χ2n) is 5.35. The van der Waals surface area contributed by atoms with Gasteiger partial charge in [0.05, 0.1) is 13.2 Å². The average Bonchev–Trinajstić information content (AvgIpc) is 3.11. The number of pyridine rings is 1. The lowest BCUT2D eigenvalue weighted by Gasteiger charge is -2.18. The third-order valence-corrected chi connectivity index (χ3v) is 3.54. The first-order valence-corrected chi connectivity index (χ1v) is 6.93. The third kappa shape index (κ3) is 3.23. The van der Waals surface area contributed by atoms with Gasteiger partial charge in [0.1, 0.15) is 5.69 Å². The highest BCUT2D eigenvalue weighted by Gasteiger charge is 2.18. The van der Waals surface area contributed by atoms with Crippen LogP contribution in [0.4, 0.5) is 0 Å². The Bertz CT molecular complexity index is 535. The van der Waals surface area contributed by atoms with E-state index >= 15 is 0 Å². The molecule has 0 aliphatic carbocycles. The Balaban J connectivity index is 1.59. The second-order valence-corrected chi connectivity index (χ2v) is 5.35. The summed E-state index contributed by atoms with van der Waals surface area (Å²) in [6.45, 7) is 3.57. The molecule has 20 heavy (non-hydrogen) atoms. The lowest BCUT2D eigenvalue weighted by Crippen LogP contribution is -2.25. The van der Waals surface area contributed by atoms with Crippen molar-refractivity contribution in [2.45, 2.75) is 13.0 Å². The third-order valence-electron chi connectivity index (χ3n) is 3.54. The molecule has 0 spiro atoms. The van der Waals surface area contributed by atoms with Gasteiger partial charge in [-0.15, -0.1) is 0 Å². The molecular formula is C15H19N3O2. The van der Waals surface area contributed by atoms with E-state index in [2.05, 4.69) is 22.1 Å². The van der Waals surface area contributed by atoms with Crippen molar-refractivity contribution in [3.05, 3.63) is 36.4 Å². The van der Waals surface area contributed by atoms with Crippen molar-refractivity contribution in [2.75, 3.05) is 26.8 Å². The molecule has 1 atom stereocenters. The van der Waals surface area contributed by atoms with Crippen molar-refractivity contribution >= 4 is 0 Å². The van der Waals surface area contributed by atoms with E-state index in [1.54, 1.807) is 12.4 Å². The van der Waals surface area contributed by atoms with E-state index < -0.39 is 0 Å². The number of aromatic nitrogens is 2. The summed E-state index contributed by atoms with van der Waals surface area (Å²) in [6, 6.07) is 5.86. The number of rotatable bonds is 5. The molecule has 0 unspecified atom stereocenters. The quantitative estimate of drug-likeness (QED) is 0.836. The van der Waals surface area contributed by atoms with Gasteiger partial charge in [0.2, 0.25) is 0 Å². The summed E-state index contributed by atoms with van der Waals surface area (Å²) >= 11 is 0. The predicted molar refractivity (Wildman–Crippen MR) is 75.0 cm³/mol. The minimum atomic E-state index is 0.640. The predicted octanol–water partition coefficient (Wildman–Crippen LogP) is 2.20. The number of hydrogen-bond donors (Lipinski definition) is 0. The second kappa shape index (κ2) is 6.15. The van der Waals surface area contributed by atoms with Crippen LogP contribution in [-0.4, -0.2) is 41.8 Å². The van der Waals surface area contributed by atoms with Crippen LogP contribution in [0.15, 0.2) is 35.1 Å². The molecule has 1 fully saturated rings.